The third-order valence-electron chi connectivity index (χ3n) is 2.30. The summed E-state index contributed by atoms with van der Waals surface area (Å²) in [6.07, 6.45) is 1.32. The van der Waals surface area contributed by atoms with Gasteiger partial charge in [-0.1, -0.05) is 6.07 Å². The van der Waals surface area contributed by atoms with Crippen molar-refractivity contribution in [3.8, 4) is 0 Å². The highest BCUT2D eigenvalue weighted by atomic mass is 79.9. The van der Waals surface area contributed by atoms with Crippen LogP contribution in [0.4, 0.5) is 5.69 Å². The number of nitro benzene ring substituents is 1. The number of amides is 1. The molecule has 0 fully saturated rings. The van der Waals surface area contributed by atoms with E-state index in [1.807, 2.05) is 0 Å². The molecule has 2 N–H and O–H groups in total. The van der Waals surface area contributed by atoms with E-state index in [-0.39, 0.29) is 22.3 Å². The van der Waals surface area contributed by atoms with Crippen molar-refractivity contribution < 1.29 is 9.72 Å². The fourth-order valence-electron chi connectivity index (χ4n) is 1.41. The van der Waals surface area contributed by atoms with Crippen molar-refractivity contribution in [1.29, 1.82) is 0 Å². The van der Waals surface area contributed by atoms with Crippen LogP contribution in [0.1, 0.15) is 16.2 Å². The van der Waals surface area contributed by atoms with Crippen LogP contribution < -0.4 is 5.32 Å². The third kappa shape index (κ3) is 2.94. The van der Waals surface area contributed by atoms with Crippen molar-refractivity contribution >= 4 is 27.5 Å². The van der Waals surface area contributed by atoms with Crippen molar-refractivity contribution in [2.45, 2.75) is 6.54 Å². The van der Waals surface area contributed by atoms with Crippen LogP contribution in [0.5, 0.6) is 0 Å². The van der Waals surface area contributed by atoms with E-state index >= 15 is 0 Å². The SMILES string of the molecule is O=C(NCc1ncn[nH]1)c1cccc([N+](=O)[O-])c1Br. The van der Waals surface area contributed by atoms with Crippen molar-refractivity contribution in [3.05, 3.63) is 50.5 Å². The molecule has 1 heterocycles. The number of rotatable bonds is 4. The standard InChI is InChI=1S/C10H8BrN5O3/c11-9-6(2-1-3-7(9)16(18)19)10(17)12-4-8-13-5-14-15-8/h1-3,5H,4H2,(H,12,17)(H,13,14,15). The average molecular weight is 326 g/mol. The first-order valence-corrected chi connectivity index (χ1v) is 5.94. The van der Waals surface area contributed by atoms with E-state index < -0.39 is 10.8 Å². The molecule has 0 saturated carbocycles. The molecule has 0 unspecified atom stereocenters. The molecule has 1 aromatic carbocycles. The van der Waals surface area contributed by atoms with Crippen molar-refractivity contribution in [3.63, 3.8) is 0 Å². The average Bonchev–Trinajstić information content (AvgIpc) is 2.89. The molecule has 0 bridgehead atoms. The van der Waals surface area contributed by atoms with Gasteiger partial charge in [0.15, 0.2) is 0 Å². The second-order valence-electron chi connectivity index (χ2n) is 3.51. The Bertz CT molecular complexity index is 614. The Morgan fingerprint density at radius 1 is 1.53 bits per heavy atom. The van der Waals surface area contributed by atoms with E-state index in [2.05, 4.69) is 36.4 Å². The van der Waals surface area contributed by atoms with Crippen molar-refractivity contribution in [2.24, 2.45) is 0 Å². The molecule has 0 aliphatic carbocycles. The lowest BCUT2D eigenvalue weighted by Crippen LogP contribution is -2.24. The number of aromatic nitrogens is 3. The van der Waals surface area contributed by atoms with Gasteiger partial charge in [-0.25, -0.2) is 4.98 Å². The van der Waals surface area contributed by atoms with Gasteiger partial charge in [0.05, 0.1) is 17.0 Å². The number of aromatic amines is 1. The van der Waals surface area contributed by atoms with Crippen LogP contribution in [-0.4, -0.2) is 26.0 Å². The molecule has 1 aromatic heterocycles. The van der Waals surface area contributed by atoms with Gasteiger partial charge in [-0.2, -0.15) is 5.10 Å². The predicted octanol–water partition coefficient (Wildman–Crippen LogP) is 1.41. The fourth-order valence-corrected chi connectivity index (χ4v) is 2.00. The number of hydrogen-bond acceptors (Lipinski definition) is 5. The van der Waals surface area contributed by atoms with Gasteiger partial charge >= 0.3 is 0 Å². The maximum Gasteiger partial charge on any atom is 0.284 e. The van der Waals surface area contributed by atoms with E-state index in [1.165, 1.54) is 24.5 Å². The second-order valence-corrected chi connectivity index (χ2v) is 4.30. The van der Waals surface area contributed by atoms with E-state index in [0.29, 0.717) is 5.82 Å². The monoisotopic (exact) mass is 325 g/mol. The van der Waals surface area contributed by atoms with Crippen LogP contribution >= 0.6 is 15.9 Å². The van der Waals surface area contributed by atoms with E-state index in [4.69, 9.17) is 0 Å². The number of nitro groups is 1. The smallest absolute Gasteiger partial charge is 0.284 e. The van der Waals surface area contributed by atoms with Gasteiger partial charge in [0, 0.05) is 6.07 Å². The molecule has 0 radical (unpaired) electrons. The normalized spacial score (nSPS) is 10.2. The Balaban J connectivity index is 2.15. The summed E-state index contributed by atoms with van der Waals surface area (Å²) in [5.74, 6) is 0.0573. The summed E-state index contributed by atoms with van der Waals surface area (Å²) in [6, 6.07) is 4.26. The highest BCUT2D eigenvalue weighted by molar-refractivity contribution is 9.10. The summed E-state index contributed by atoms with van der Waals surface area (Å²) < 4.78 is 0.148. The van der Waals surface area contributed by atoms with Gasteiger partial charge in [0.25, 0.3) is 11.6 Å². The molecule has 9 heteroatoms. The van der Waals surface area contributed by atoms with Crippen LogP contribution in [0.15, 0.2) is 29.0 Å². The van der Waals surface area contributed by atoms with E-state index in [9.17, 15) is 14.9 Å². The number of nitrogens with one attached hydrogen (secondary N) is 2. The number of carbonyl (C=O) groups is 1. The Labute approximate surface area is 115 Å². The van der Waals surface area contributed by atoms with Gasteiger partial charge < -0.3 is 5.32 Å². The van der Waals surface area contributed by atoms with E-state index in [0.717, 1.165) is 0 Å². The first-order chi connectivity index (χ1) is 9.09. The maximum absolute atomic E-state index is 11.9. The van der Waals surface area contributed by atoms with Crippen LogP contribution in [0.3, 0.4) is 0 Å². The molecule has 2 rings (SSSR count). The second kappa shape index (κ2) is 5.57. The summed E-state index contributed by atoms with van der Waals surface area (Å²) >= 11 is 3.06. The highest BCUT2D eigenvalue weighted by Gasteiger charge is 2.19. The zero-order chi connectivity index (χ0) is 13.8. The molecule has 19 heavy (non-hydrogen) atoms. The molecule has 0 aliphatic heterocycles. The predicted molar refractivity (Wildman–Crippen MR) is 68.3 cm³/mol. The topological polar surface area (TPSA) is 114 Å². The van der Waals surface area contributed by atoms with Crippen LogP contribution in [-0.2, 0) is 6.54 Å². The molecular formula is C10H8BrN5O3. The van der Waals surface area contributed by atoms with Crippen molar-refractivity contribution in [2.75, 3.05) is 0 Å². The molecular weight excluding hydrogens is 318 g/mol. The summed E-state index contributed by atoms with van der Waals surface area (Å²) in [7, 11) is 0. The molecule has 2 aromatic rings. The minimum Gasteiger partial charge on any atom is -0.345 e. The number of halogens is 1. The number of nitrogens with zero attached hydrogens (tertiary/aromatic N) is 3. The number of H-pyrrole nitrogens is 1. The van der Waals surface area contributed by atoms with Crippen molar-refractivity contribution in [1.82, 2.24) is 20.5 Å². The summed E-state index contributed by atoms with van der Waals surface area (Å²) in [6.45, 7) is 0.161. The lowest BCUT2D eigenvalue weighted by atomic mass is 10.2. The summed E-state index contributed by atoms with van der Waals surface area (Å²) in [5.41, 5.74) is 0.0287. The minimum atomic E-state index is -0.558. The first-order valence-electron chi connectivity index (χ1n) is 5.15. The van der Waals surface area contributed by atoms with Gasteiger partial charge in [-0.05, 0) is 22.0 Å². The number of carbonyl (C=O) groups excluding carboxylic acids is 1. The molecule has 0 aliphatic rings. The molecule has 98 valence electrons. The van der Waals surface area contributed by atoms with Crippen LogP contribution in [0, 0.1) is 10.1 Å². The number of benzene rings is 1. The highest BCUT2D eigenvalue weighted by Crippen LogP contribution is 2.28. The Morgan fingerprint density at radius 2 is 2.32 bits per heavy atom. The molecule has 0 saturated heterocycles. The molecule has 0 spiro atoms. The third-order valence-corrected chi connectivity index (χ3v) is 3.13. The lowest BCUT2D eigenvalue weighted by Gasteiger charge is -2.05. The first kappa shape index (κ1) is 13.1. The molecule has 0 atom stereocenters. The maximum atomic E-state index is 11.9. The minimum absolute atomic E-state index is 0.148. The largest absolute Gasteiger partial charge is 0.345 e. The number of hydrogen-bond donors (Lipinski definition) is 2. The summed E-state index contributed by atoms with van der Waals surface area (Å²) in [4.78, 5) is 26.0. The van der Waals surface area contributed by atoms with Gasteiger partial charge in [0.1, 0.15) is 16.6 Å². The van der Waals surface area contributed by atoms with Gasteiger partial charge in [0.2, 0.25) is 0 Å². The quantitative estimate of drug-likeness (QED) is 0.651. The zero-order valence-electron chi connectivity index (χ0n) is 9.46. The Hall–Kier alpha value is -2.29. The molecule has 1 amide bonds. The zero-order valence-corrected chi connectivity index (χ0v) is 11.0. The summed E-state index contributed by atoms with van der Waals surface area (Å²) in [5, 5.41) is 19.6. The fraction of sp³-hybridized carbons (Fsp3) is 0.100. The Kier molecular flexibility index (Phi) is 3.85. The van der Waals surface area contributed by atoms with E-state index in [1.54, 1.807) is 0 Å². The van der Waals surface area contributed by atoms with Crippen LogP contribution in [0.25, 0.3) is 0 Å². The Morgan fingerprint density at radius 3 is 2.95 bits per heavy atom. The van der Waals surface area contributed by atoms with Gasteiger partial charge in [-0.15, -0.1) is 0 Å². The van der Waals surface area contributed by atoms with Crippen LogP contribution in [0.2, 0.25) is 0 Å². The van der Waals surface area contributed by atoms with Gasteiger partial charge in [-0.3, -0.25) is 20.0 Å². The lowest BCUT2D eigenvalue weighted by molar-refractivity contribution is -0.385. The molecule has 8 nitrogen and oxygen atoms in total.